The molecule has 1 aromatic heterocycles. The first-order valence-corrected chi connectivity index (χ1v) is 8.16. The van der Waals surface area contributed by atoms with Crippen molar-refractivity contribution in [3.8, 4) is 5.75 Å². The Hall–Kier alpha value is -2.82. The summed E-state index contributed by atoms with van der Waals surface area (Å²) in [5, 5.41) is 9.76. The van der Waals surface area contributed by atoms with Gasteiger partial charge in [-0.1, -0.05) is 18.2 Å². The number of carbonyl (C=O) groups is 1. The van der Waals surface area contributed by atoms with Crippen LogP contribution in [0, 0.1) is 0 Å². The molecule has 5 heteroatoms. The Morgan fingerprint density at radius 3 is 2.67 bits per heavy atom. The zero-order chi connectivity index (χ0) is 16.5. The molecule has 2 aliphatic heterocycles. The summed E-state index contributed by atoms with van der Waals surface area (Å²) in [5.41, 5.74) is 0.341. The zero-order valence-corrected chi connectivity index (χ0v) is 13.2. The van der Waals surface area contributed by atoms with Gasteiger partial charge < -0.3 is 14.9 Å². The second kappa shape index (κ2) is 6.00. The number of para-hydroxylation sites is 1. The highest BCUT2D eigenvalue weighted by atomic mass is 16.3. The van der Waals surface area contributed by atoms with Crippen molar-refractivity contribution in [2.45, 2.75) is 18.5 Å². The van der Waals surface area contributed by atoms with Gasteiger partial charge in [0.25, 0.3) is 0 Å². The molecule has 2 aliphatic rings. The van der Waals surface area contributed by atoms with Crippen molar-refractivity contribution in [3.05, 3.63) is 66.5 Å². The molecule has 2 saturated heterocycles. The van der Waals surface area contributed by atoms with Crippen LogP contribution in [0.15, 0.2) is 60.9 Å². The number of aromatic hydroxyl groups is 1. The Bertz CT molecular complexity index is 775. The number of nitrogens with zero attached hydrogens (tertiary/aromatic N) is 3. The molecular formula is C19H19N3O2. The molecule has 1 aromatic carbocycles. The number of rotatable bonds is 4. The van der Waals surface area contributed by atoms with E-state index in [1.165, 1.54) is 6.07 Å². The highest BCUT2D eigenvalue weighted by Gasteiger charge is 2.42. The van der Waals surface area contributed by atoms with Crippen LogP contribution in [0.1, 0.15) is 16.8 Å². The number of aromatic nitrogens is 1. The topological polar surface area (TPSA) is 56.7 Å². The summed E-state index contributed by atoms with van der Waals surface area (Å²) in [4.78, 5) is 21.2. The van der Waals surface area contributed by atoms with Crippen LogP contribution in [-0.4, -0.2) is 45.9 Å². The lowest BCUT2D eigenvalue weighted by molar-refractivity contribution is 0.104. The molecule has 4 rings (SSSR count). The summed E-state index contributed by atoms with van der Waals surface area (Å²) in [6.45, 7) is 1.82. The van der Waals surface area contributed by atoms with Crippen LogP contribution < -0.4 is 4.90 Å². The number of allylic oxidation sites excluding steroid dienone is 1. The van der Waals surface area contributed by atoms with Crippen LogP contribution in [0.4, 0.5) is 5.82 Å². The van der Waals surface area contributed by atoms with Crippen molar-refractivity contribution in [2.24, 2.45) is 0 Å². The maximum Gasteiger partial charge on any atom is 0.190 e. The van der Waals surface area contributed by atoms with Crippen molar-refractivity contribution in [1.29, 1.82) is 0 Å². The Kier molecular flexibility index (Phi) is 3.69. The maximum absolute atomic E-state index is 12.2. The van der Waals surface area contributed by atoms with E-state index in [9.17, 15) is 9.90 Å². The van der Waals surface area contributed by atoms with E-state index in [1.54, 1.807) is 24.3 Å². The number of carbonyl (C=O) groups excluding carboxylic acids is 1. The summed E-state index contributed by atoms with van der Waals surface area (Å²) in [6, 6.07) is 13.5. The summed E-state index contributed by atoms with van der Waals surface area (Å²) in [7, 11) is 0. The van der Waals surface area contributed by atoms with E-state index in [4.69, 9.17) is 0 Å². The number of anilines is 1. The number of ketones is 1. The molecular weight excluding hydrogens is 302 g/mol. The second-order valence-electron chi connectivity index (χ2n) is 6.28. The molecule has 3 heterocycles. The predicted octanol–water partition coefficient (Wildman–Crippen LogP) is 2.45. The highest BCUT2D eigenvalue weighted by Crippen LogP contribution is 2.33. The van der Waals surface area contributed by atoms with Crippen molar-refractivity contribution in [1.82, 2.24) is 9.88 Å². The highest BCUT2D eigenvalue weighted by molar-refractivity contribution is 6.06. The van der Waals surface area contributed by atoms with E-state index in [1.807, 2.05) is 30.6 Å². The maximum atomic E-state index is 12.2. The van der Waals surface area contributed by atoms with Crippen LogP contribution in [0.5, 0.6) is 5.75 Å². The Morgan fingerprint density at radius 1 is 1.12 bits per heavy atom. The molecule has 2 fully saturated rings. The number of phenols is 1. The van der Waals surface area contributed by atoms with Crippen molar-refractivity contribution < 1.29 is 9.90 Å². The molecule has 1 N–H and O–H groups in total. The predicted molar refractivity (Wildman–Crippen MR) is 92.1 cm³/mol. The van der Waals surface area contributed by atoms with E-state index in [-0.39, 0.29) is 11.5 Å². The average molecular weight is 321 g/mol. The lowest BCUT2D eigenvalue weighted by atomic mass is 10.1. The van der Waals surface area contributed by atoms with Gasteiger partial charge in [-0.15, -0.1) is 0 Å². The van der Waals surface area contributed by atoms with Crippen molar-refractivity contribution >= 4 is 11.6 Å². The fourth-order valence-corrected chi connectivity index (χ4v) is 3.62. The lowest BCUT2D eigenvalue weighted by Gasteiger charge is -2.34. The third-order valence-electron chi connectivity index (χ3n) is 4.81. The number of benzene rings is 1. The van der Waals surface area contributed by atoms with Gasteiger partial charge in [-0.3, -0.25) is 4.79 Å². The summed E-state index contributed by atoms with van der Waals surface area (Å²) < 4.78 is 0. The van der Waals surface area contributed by atoms with E-state index in [2.05, 4.69) is 14.8 Å². The van der Waals surface area contributed by atoms with E-state index in [0.29, 0.717) is 17.6 Å². The number of hydrogen-bond acceptors (Lipinski definition) is 5. The smallest absolute Gasteiger partial charge is 0.190 e. The van der Waals surface area contributed by atoms with Crippen molar-refractivity contribution in [2.75, 3.05) is 18.0 Å². The second-order valence-corrected chi connectivity index (χ2v) is 6.28. The first-order valence-electron chi connectivity index (χ1n) is 8.16. The van der Waals surface area contributed by atoms with Gasteiger partial charge in [0.15, 0.2) is 5.78 Å². The molecule has 2 atom stereocenters. The first kappa shape index (κ1) is 14.8. The molecule has 122 valence electrons. The average Bonchev–Trinajstić information content (AvgIpc) is 3.21. The number of phenolic OH excluding ortho intramolecular Hbond substituents is 1. The molecule has 2 aromatic rings. The minimum absolute atomic E-state index is 0.0245. The number of pyridine rings is 1. The third kappa shape index (κ3) is 2.62. The number of piperazine rings is 1. The van der Waals surface area contributed by atoms with Gasteiger partial charge in [0.05, 0.1) is 5.56 Å². The standard InChI is InChI=1S/C19H19N3O2/c23-17-6-2-1-5-16(17)18(24)8-10-21-12-15-11-14(21)13-22(15)19-7-3-4-9-20-19/h1-10,14-15,23H,11-13H2/t14-,15-/m1/s1. The summed E-state index contributed by atoms with van der Waals surface area (Å²) in [5.74, 6) is 0.882. The fourth-order valence-electron chi connectivity index (χ4n) is 3.62. The van der Waals surface area contributed by atoms with Crippen molar-refractivity contribution in [3.63, 3.8) is 0 Å². The summed E-state index contributed by atoms with van der Waals surface area (Å²) >= 11 is 0. The first-order chi connectivity index (χ1) is 11.7. The SMILES string of the molecule is O=C(C=CN1C[C@H]2C[C@@H]1CN2c1ccccn1)c1ccccc1O. The normalized spacial score (nSPS) is 22.5. The van der Waals surface area contributed by atoms with Gasteiger partial charge >= 0.3 is 0 Å². The Balaban J connectivity index is 1.42. The fraction of sp³-hybridized carbons (Fsp3) is 0.263. The monoisotopic (exact) mass is 321 g/mol. The summed E-state index contributed by atoms with van der Waals surface area (Å²) in [6.07, 6.45) is 6.34. The Labute approximate surface area is 140 Å². The number of hydrogen-bond donors (Lipinski definition) is 1. The van der Waals surface area contributed by atoms with Gasteiger partial charge in [-0.05, 0) is 30.7 Å². The molecule has 0 saturated carbocycles. The minimum atomic E-state index is -0.169. The molecule has 0 amide bonds. The van der Waals surface area contributed by atoms with Gasteiger partial charge in [-0.2, -0.15) is 0 Å². The molecule has 0 unspecified atom stereocenters. The van der Waals surface area contributed by atoms with Crippen LogP contribution in [0.3, 0.4) is 0 Å². The zero-order valence-electron chi connectivity index (χ0n) is 13.2. The molecule has 2 bridgehead atoms. The van der Waals surface area contributed by atoms with E-state index < -0.39 is 0 Å². The van der Waals surface area contributed by atoms with Crippen LogP contribution in [-0.2, 0) is 0 Å². The minimum Gasteiger partial charge on any atom is -0.507 e. The third-order valence-corrected chi connectivity index (χ3v) is 4.81. The number of fused-ring (bicyclic) bond motifs is 2. The molecule has 24 heavy (non-hydrogen) atoms. The van der Waals surface area contributed by atoms with E-state index >= 15 is 0 Å². The van der Waals surface area contributed by atoms with Gasteiger partial charge in [0.2, 0.25) is 0 Å². The largest absolute Gasteiger partial charge is 0.507 e. The molecule has 5 nitrogen and oxygen atoms in total. The number of likely N-dealkylation sites (tertiary alicyclic amines) is 1. The van der Waals surface area contributed by atoms with Crippen LogP contribution >= 0.6 is 0 Å². The van der Waals surface area contributed by atoms with Gasteiger partial charge in [-0.25, -0.2) is 4.98 Å². The lowest BCUT2D eigenvalue weighted by Crippen LogP contribution is -2.44. The van der Waals surface area contributed by atoms with Crippen LogP contribution in [0.25, 0.3) is 0 Å². The van der Waals surface area contributed by atoms with Gasteiger partial charge in [0, 0.05) is 43.6 Å². The quantitative estimate of drug-likeness (QED) is 0.692. The molecule has 0 aliphatic carbocycles. The van der Waals surface area contributed by atoms with Gasteiger partial charge in [0.1, 0.15) is 11.6 Å². The molecule has 0 spiro atoms. The molecule has 0 radical (unpaired) electrons. The van der Waals surface area contributed by atoms with Crippen LogP contribution in [0.2, 0.25) is 0 Å². The van der Waals surface area contributed by atoms with E-state index in [0.717, 1.165) is 25.3 Å². The Morgan fingerprint density at radius 2 is 1.96 bits per heavy atom.